The van der Waals surface area contributed by atoms with E-state index in [4.69, 9.17) is 11.6 Å². The zero-order chi connectivity index (χ0) is 23.0. The molecule has 8 nitrogen and oxygen atoms in total. The predicted molar refractivity (Wildman–Crippen MR) is 123 cm³/mol. The number of amides is 1. The maximum Gasteiger partial charge on any atom is 0.288 e. The molecule has 3 aliphatic carbocycles. The highest BCUT2D eigenvalue weighted by molar-refractivity contribution is 6.32. The zero-order valence-corrected chi connectivity index (χ0v) is 19.8. The molecule has 2 aromatic heterocycles. The molecule has 3 aliphatic rings. The topological polar surface area (TPSA) is 102 Å². The molecule has 9 heteroatoms. The third-order valence-corrected chi connectivity index (χ3v) is 8.09. The van der Waals surface area contributed by atoms with Crippen LogP contribution in [0.5, 0.6) is 0 Å². The van der Waals surface area contributed by atoms with Crippen molar-refractivity contribution in [3.05, 3.63) is 45.6 Å². The van der Waals surface area contributed by atoms with Gasteiger partial charge in [-0.2, -0.15) is 15.3 Å². The molecule has 1 unspecified atom stereocenters. The molecular formula is C23H31ClN6O2. The van der Waals surface area contributed by atoms with Gasteiger partial charge in [0.05, 0.1) is 24.1 Å². The molecule has 0 spiro atoms. The van der Waals surface area contributed by atoms with Gasteiger partial charge in [0, 0.05) is 12.2 Å². The number of carbonyl (C=O) groups excluding carboxylic acids is 1. The number of fused-ring (bicyclic) bond motifs is 2. The summed E-state index contributed by atoms with van der Waals surface area (Å²) in [6.07, 6.45) is 7.78. The van der Waals surface area contributed by atoms with E-state index < -0.39 is 5.56 Å². The second-order valence-electron chi connectivity index (χ2n) is 9.75. The minimum Gasteiger partial charge on any atom is -0.379 e. The fraction of sp³-hybridized carbons (Fsp3) is 0.609. The van der Waals surface area contributed by atoms with E-state index in [-0.39, 0.29) is 29.6 Å². The van der Waals surface area contributed by atoms with Crippen LogP contribution in [-0.2, 0) is 11.3 Å². The standard InChI is InChI=1S/C23H31ClN6O2/c1-5-17(14-6-7-25-26-10-14)29-20(31)12-30-22(32)21(24)19(11-27-30)28-18-9-15-8-16(13(18)2)23(15,3)4/h6-7,10-11,13,15-18,28H,5,8-9,12H2,1-4H3,(H,29,31)/t13-,15+,16-,17?,18-/m1/s1. The summed E-state index contributed by atoms with van der Waals surface area (Å²) >= 11 is 6.40. The van der Waals surface area contributed by atoms with Gasteiger partial charge < -0.3 is 10.6 Å². The van der Waals surface area contributed by atoms with Crippen molar-refractivity contribution in [3.63, 3.8) is 0 Å². The molecule has 0 aliphatic heterocycles. The van der Waals surface area contributed by atoms with Crippen LogP contribution in [0.2, 0.25) is 5.02 Å². The molecule has 0 aromatic carbocycles. The van der Waals surface area contributed by atoms with E-state index in [0.717, 1.165) is 16.7 Å². The van der Waals surface area contributed by atoms with Crippen LogP contribution in [0, 0.1) is 23.2 Å². The molecule has 0 saturated heterocycles. The second kappa shape index (κ2) is 8.81. The summed E-state index contributed by atoms with van der Waals surface area (Å²) in [5, 5.41) is 18.3. The molecule has 5 atom stereocenters. The van der Waals surface area contributed by atoms with Crippen LogP contribution in [-0.4, -0.2) is 31.9 Å². The minimum absolute atomic E-state index is 0.0730. The maximum absolute atomic E-state index is 12.8. The number of nitrogens with one attached hydrogen (secondary N) is 2. The van der Waals surface area contributed by atoms with Crippen LogP contribution in [0.15, 0.2) is 29.5 Å². The number of carbonyl (C=O) groups is 1. The SMILES string of the molecule is CCC(NC(=O)Cn1ncc(N[C@@H]2C[C@@H]3C[C@H]([C@H]2C)C3(C)C)c(Cl)c1=O)c1ccnnc1. The first-order chi connectivity index (χ1) is 15.2. The van der Waals surface area contributed by atoms with Crippen molar-refractivity contribution in [2.45, 2.75) is 65.6 Å². The number of nitrogens with zero attached hydrogens (tertiary/aromatic N) is 4. The smallest absolute Gasteiger partial charge is 0.288 e. The van der Waals surface area contributed by atoms with E-state index in [1.165, 1.54) is 6.42 Å². The van der Waals surface area contributed by atoms with E-state index >= 15 is 0 Å². The van der Waals surface area contributed by atoms with Gasteiger partial charge in [0.2, 0.25) is 5.91 Å². The Hall–Kier alpha value is -2.48. The normalized spacial score (nSPS) is 26.7. The Bertz CT molecular complexity index is 1040. The lowest BCUT2D eigenvalue weighted by Crippen LogP contribution is -2.58. The molecule has 0 radical (unpaired) electrons. The third kappa shape index (κ3) is 4.12. The van der Waals surface area contributed by atoms with Crippen molar-refractivity contribution >= 4 is 23.2 Å². The Morgan fingerprint density at radius 3 is 2.72 bits per heavy atom. The van der Waals surface area contributed by atoms with Gasteiger partial charge in [0.1, 0.15) is 11.6 Å². The van der Waals surface area contributed by atoms with Crippen LogP contribution in [0.1, 0.15) is 58.6 Å². The lowest BCUT2D eigenvalue weighted by atomic mass is 9.45. The highest BCUT2D eigenvalue weighted by atomic mass is 35.5. The Labute approximate surface area is 193 Å². The Morgan fingerprint density at radius 1 is 1.31 bits per heavy atom. The maximum atomic E-state index is 12.8. The van der Waals surface area contributed by atoms with Gasteiger partial charge in [-0.05, 0) is 54.1 Å². The van der Waals surface area contributed by atoms with E-state index in [2.05, 4.69) is 46.7 Å². The fourth-order valence-corrected chi connectivity index (χ4v) is 5.72. The number of hydrogen-bond donors (Lipinski definition) is 2. The lowest BCUT2D eigenvalue weighted by molar-refractivity contribution is -0.122. The molecule has 32 heavy (non-hydrogen) atoms. The van der Waals surface area contributed by atoms with Crippen LogP contribution in [0.3, 0.4) is 0 Å². The van der Waals surface area contributed by atoms with Crippen molar-refractivity contribution in [3.8, 4) is 0 Å². The second-order valence-corrected chi connectivity index (χ2v) is 10.1. The van der Waals surface area contributed by atoms with E-state index in [1.807, 2.05) is 6.92 Å². The van der Waals surface area contributed by atoms with Gasteiger partial charge in [0.15, 0.2) is 0 Å². The molecule has 2 bridgehead atoms. The Kier molecular flexibility index (Phi) is 6.25. The molecule has 1 amide bonds. The molecule has 2 aromatic rings. The van der Waals surface area contributed by atoms with Crippen LogP contribution >= 0.6 is 11.6 Å². The zero-order valence-electron chi connectivity index (χ0n) is 19.0. The summed E-state index contributed by atoms with van der Waals surface area (Å²) in [6.45, 7) is 8.74. The van der Waals surface area contributed by atoms with Crippen molar-refractivity contribution in [1.29, 1.82) is 0 Å². The van der Waals surface area contributed by atoms with Gasteiger partial charge >= 0.3 is 0 Å². The summed E-state index contributed by atoms with van der Waals surface area (Å²) in [5.41, 5.74) is 1.31. The van der Waals surface area contributed by atoms with Crippen LogP contribution < -0.4 is 16.2 Å². The van der Waals surface area contributed by atoms with Crippen molar-refractivity contribution in [2.24, 2.45) is 23.2 Å². The summed E-state index contributed by atoms with van der Waals surface area (Å²) in [6, 6.07) is 1.86. The largest absolute Gasteiger partial charge is 0.379 e. The first-order valence-corrected chi connectivity index (χ1v) is 11.7. The summed E-state index contributed by atoms with van der Waals surface area (Å²) in [7, 11) is 0. The van der Waals surface area contributed by atoms with E-state index in [1.54, 1.807) is 24.7 Å². The molecule has 5 rings (SSSR count). The van der Waals surface area contributed by atoms with Crippen molar-refractivity contribution in [1.82, 2.24) is 25.3 Å². The van der Waals surface area contributed by atoms with E-state index in [0.29, 0.717) is 35.3 Å². The number of anilines is 1. The van der Waals surface area contributed by atoms with Crippen LogP contribution in [0.4, 0.5) is 5.69 Å². The van der Waals surface area contributed by atoms with Crippen molar-refractivity contribution < 1.29 is 4.79 Å². The fourth-order valence-electron chi connectivity index (χ4n) is 5.52. The minimum atomic E-state index is -0.473. The molecule has 3 fully saturated rings. The first kappa shape index (κ1) is 22.7. The lowest BCUT2D eigenvalue weighted by Gasteiger charge is -2.62. The predicted octanol–water partition coefficient (Wildman–Crippen LogP) is 3.44. The number of aromatic nitrogens is 4. The first-order valence-electron chi connectivity index (χ1n) is 11.3. The molecule has 2 N–H and O–H groups in total. The molecule has 2 heterocycles. The average molecular weight is 459 g/mol. The van der Waals surface area contributed by atoms with Gasteiger partial charge in [-0.1, -0.05) is 39.3 Å². The summed E-state index contributed by atoms with van der Waals surface area (Å²) in [4.78, 5) is 25.3. The highest BCUT2D eigenvalue weighted by Gasteiger charge is 2.56. The number of hydrogen-bond acceptors (Lipinski definition) is 6. The van der Waals surface area contributed by atoms with Gasteiger partial charge in [0.25, 0.3) is 5.56 Å². The van der Waals surface area contributed by atoms with Crippen molar-refractivity contribution in [2.75, 3.05) is 5.32 Å². The monoisotopic (exact) mass is 458 g/mol. The summed E-state index contributed by atoms with van der Waals surface area (Å²) in [5.74, 6) is 1.55. The van der Waals surface area contributed by atoms with Crippen LogP contribution in [0.25, 0.3) is 0 Å². The molecular weight excluding hydrogens is 428 g/mol. The number of halogens is 1. The average Bonchev–Trinajstić information content (AvgIpc) is 2.78. The molecule has 3 saturated carbocycles. The Morgan fingerprint density at radius 2 is 2.09 bits per heavy atom. The quantitative estimate of drug-likeness (QED) is 0.659. The Balaban J connectivity index is 1.42. The number of rotatable bonds is 7. The van der Waals surface area contributed by atoms with E-state index in [9.17, 15) is 9.59 Å². The van der Waals surface area contributed by atoms with Gasteiger partial charge in [-0.3, -0.25) is 9.59 Å². The highest BCUT2D eigenvalue weighted by Crippen LogP contribution is 2.61. The van der Waals surface area contributed by atoms with Gasteiger partial charge in [-0.25, -0.2) is 4.68 Å². The summed E-state index contributed by atoms with van der Waals surface area (Å²) < 4.78 is 1.10. The third-order valence-electron chi connectivity index (χ3n) is 7.73. The van der Waals surface area contributed by atoms with Gasteiger partial charge in [-0.15, -0.1) is 0 Å². The molecule has 172 valence electrons.